The molecule has 0 unspecified atom stereocenters. The Morgan fingerprint density at radius 2 is 1.79 bits per heavy atom. The minimum atomic E-state index is -0.573. The number of ether oxygens (including phenoxy) is 2. The van der Waals surface area contributed by atoms with Gasteiger partial charge in [0, 0.05) is 25.2 Å². The molecule has 29 heavy (non-hydrogen) atoms. The van der Waals surface area contributed by atoms with Gasteiger partial charge in [-0.15, -0.1) is 0 Å². The number of nitrogens with one attached hydrogen (secondary N) is 1. The molecule has 1 fully saturated rings. The first-order chi connectivity index (χ1) is 14.0. The lowest BCUT2D eigenvalue weighted by Gasteiger charge is -2.15. The minimum Gasteiger partial charge on any atom is -0.494 e. The second-order valence-electron chi connectivity index (χ2n) is 6.70. The molecule has 2 aromatic carbocycles. The quantitative estimate of drug-likeness (QED) is 0.694. The summed E-state index contributed by atoms with van der Waals surface area (Å²) in [5.41, 5.74) is 1.90. The van der Waals surface area contributed by atoms with Gasteiger partial charge in [-0.3, -0.25) is 9.59 Å². The Kier molecular flexibility index (Phi) is 6.84. The summed E-state index contributed by atoms with van der Waals surface area (Å²) >= 11 is 0. The molecule has 0 radical (unpaired) electrons. The largest absolute Gasteiger partial charge is 0.494 e. The molecule has 3 rings (SSSR count). The Morgan fingerprint density at radius 3 is 2.41 bits per heavy atom. The van der Waals surface area contributed by atoms with Crippen LogP contribution < -0.4 is 10.1 Å². The maximum absolute atomic E-state index is 12.1. The van der Waals surface area contributed by atoms with Gasteiger partial charge in [0.15, 0.2) is 6.61 Å². The summed E-state index contributed by atoms with van der Waals surface area (Å²) in [6.07, 6.45) is 1.49. The van der Waals surface area contributed by atoms with Gasteiger partial charge in [0.1, 0.15) is 5.75 Å². The zero-order chi connectivity index (χ0) is 20.6. The van der Waals surface area contributed by atoms with Gasteiger partial charge in [0.25, 0.3) is 5.91 Å². The molecule has 2 amide bonds. The molecule has 0 aromatic heterocycles. The van der Waals surface area contributed by atoms with Crippen molar-refractivity contribution in [3.05, 3.63) is 59.7 Å². The van der Waals surface area contributed by atoms with Crippen LogP contribution in [0.5, 0.6) is 5.75 Å². The van der Waals surface area contributed by atoms with E-state index in [1.54, 1.807) is 53.4 Å². The maximum Gasteiger partial charge on any atom is 0.338 e. The first kappa shape index (κ1) is 20.4. The van der Waals surface area contributed by atoms with Crippen molar-refractivity contribution in [3.63, 3.8) is 0 Å². The Labute approximate surface area is 169 Å². The average molecular weight is 396 g/mol. The maximum atomic E-state index is 12.1. The van der Waals surface area contributed by atoms with Gasteiger partial charge in [-0.05, 0) is 55.3 Å². The molecule has 0 spiro atoms. The number of esters is 1. The number of hydrogen-bond acceptors (Lipinski definition) is 5. The van der Waals surface area contributed by atoms with Crippen molar-refractivity contribution >= 4 is 23.5 Å². The van der Waals surface area contributed by atoms with E-state index in [0.717, 1.165) is 24.3 Å². The number of likely N-dealkylation sites (tertiary alicyclic amines) is 1. The van der Waals surface area contributed by atoms with E-state index in [9.17, 15) is 14.4 Å². The average Bonchev–Trinajstić information content (AvgIpc) is 3.13. The number of carbonyl (C=O) groups excluding carboxylic acids is 3. The van der Waals surface area contributed by atoms with Crippen molar-refractivity contribution in [2.75, 3.05) is 25.1 Å². The molecular weight excluding hydrogens is 372 g/mol. The highest BCUT2D eigenvalue weighted by Crippen LogP contribution is 2.16. The summed E-state index contributed by atoms with van der Waals surface area (Å²) in [7, 11) is 0. The van der Waals surface area contributed by atoms with Crippen LogP contribution in [0, 0.1) is 0 Å². The fourth-order valence-electron chi connectivity index (χ4n) is 3.05. The number of amides is 2. The third-order valence-corrected chi connectivity index (χ3v) is 4.52. The Bertz CT molecular complexity index is 862. The predicted octanol–water partition coefficient (Wildman–Crippen LogP) is 3.00. The number of benzene rings is 2. The molecule has 1 aliphatic heterocycles. The van der Waals surface area contributed by atoms with Crippen molar-refractivity contribution in [3.8, 4) is 5.75 Å². The topological polar surface area (TPSA) is 84.9 Å². The highest BCUT2D eigenvalue weighted by atomic mass is 16.5. The molecular formula is C22H24N2O5. The van der Waals surface area contributed by atoms with Crippen LogP contribution in [0.4, 0.5) is 5.69 Å². The summed E-state index contributed by atoms with van der Waals surface area (Å²) in [5, 5.41) is 2.66. The van der Waals surface area contributed by atoms with E-state index in [4.69, 9.17) is 9.47 Å². The Hall–Kier alpha value is -3.35. The molecule has 1 heterocycles. The van der Waals surface area contributed by atoms with Crippen LogP contribution in [0.15, 0.2) is 48.5 Å². The smallest absolute Gasteiger partial charge is 0.338 e. The fraction of sp³-hybridized carbons (Fsp3) is 0.318. The van der Waals surface area contributed by atoms with Crippen LogP contribution in [0.25, 0.3) is 0 Å². The van der Waals surface area contributed by atoms with Gasteiger partial charge in [-0.1, -0.05) is 12.1 Å². The van der Waals surface area contributed by atoms with Gasteiger partial charge < -0.3 is 19.7 Å². The van der Waals surface area contributed by atoms with Gasteiger partial charge in [-0.25, -0.2) is 4.79 Å². The number of hydrogen-bond donors (Lipinski definition) is 1. The van der Waals surface area contributed by atoms with Crippen molar-refractivity contribution in [2.24, 2.45) is 0 Å². The molecule has 7 nitrogen and oxygen atoms in total. The second-order valence-corrected chi connectivity index (χ2v) is 6.70. The van der Waals surface area contributed by atoms with Crippen molar-refractivity contribution in [2.45, 2.75) is 26.3 Å². The van der Waals surface area contributed by atoms with E-state index in [0.29, 0.717) is 30.8 Å². The van der Waals surface area contributed by atoms with E-state index >= 15 is 0 Å². The number of nitrogens with zero attached hydrogens (tertiary/aromatic N) is 1. The number of carbonyl (C=O) groups is 3. The van der Waals surface area contributed by atoms with Crippen molar-refractivity contribution in [1.29, 1.82) is 0 Å². The van der Waals surface area contributed by atoms with Gasteiger partial charge in [0.2, 0.25) is 5.91 Å². The molecule has 7 heteroatoms. The third kappa shape index (κ3) is 5.81. The molecule has 1 saturated heterocycles. The van der Waals surface area contributed by atoms with Gasteiger partial charge in [0.05, 0.1) is 12.2 Å². The lowest BCUT2D eigenvalue weighted by molar-refractivity contribution is -0.128. The van der Waals surface area contributed by atoms with Crippen LogP contribution in [-0.2, 0) is 20.9 Å². The zero-order valence-electron chi connectivity index (χ0n) is 16.3. The molecule has 1 aliphatic rings. The Morgan fingerprint density at radius 1 is 1.07 bits per heavy atom. The van der Waals surface area contributed by atoms with Crippen LogP contribution in [0.2, 0.25) is 0 Å². The highest BCUT2D eigenvalue weighted by Gasteiger charge is 2.20. The number of rotatable bonds is 8. The van der Waals surface area contributed by atoms with E-state index in [1.807, 2.05) is 6.92 Å². The lowest BCUT2D eigenvalue weighted by Crippen LogP contribution is -2.23. The van der Waals surface area contributed by atoms with Crippen LogP contribution in [-0.4, -0.2) is 42.4 Å². The van der Waals surface area contributed by atoms with Gasteiger partial charge >= 0.3 is 5.97 Å². The second kappa shape index (κ2) is 9.73. The molecule has 0 atom stereocenters. The fourth-order valence-corrected chi connectivity index (χ4v) is 3.05. The van der Waals surface area contributed by atoms with E-state index in [2.05, 4.69) is 5.32 Å². The zero-order valence-corrected chi connectivity index (χ0v) is 16.3. The SMILES string of the molecule is CCOc1ccc(NC(=O)COC(=O)c2ccc(CN3CCCC3=O)cc2)cc1. The van der Waals surface area contributed by atoms with Crippen LogP contribution in [0.3, 0.4) is 0 Å². The van der Waals surface area contributed by atoms with E-state index in [-0.39, 0.29) is 12.5 Å². The minimum absolute atomic E-state index is 0.159. The molecule has 1 N–H and O–H groups in total. The summed E-state index contributed by atoms with van der Waals surface area (Å²) in [5.74, 6) is -0.121. The van der Waals surface area contributed by atoms with Crippen LogP contribution in [0.1, 0.15) is 35.7 Å². The predicted molar refractivity (Wildman–Crippen MR) is 108 cm³/mol. The molecule has 152 valence electrons. The Balaban J connectivity index is 1.45. The first-order valence-electron chi connectivity index (χ1n) is 9.61. The monoisotopic (exact) mass is 396 g/mol. The standard InChI is InChI=1S/C22H24N2O5/c1-2-28-19-11-9-18(10-12-19)23-20(25)15-29-22(27)17-7-5-16(6-8-17)14-24-13-3-4-21(24)26/h5-12H,2-4,13-15H2,1H3,(H,23,25). The summed E-state index contributed by atoms with van der Waals surface area (Å²) in [6.45, 7) is 3.39. The van der Waals surface area contributed by atoms with Crippen LogP contribution >= 0.6 is 0 Å². The van der Waals surface area contributed by atoms with E-state index in [1.165, 1.54) is 0 Å². The van der Waals surface area contributed by atoms with Crippen molar-refractivity contribution < 1.29 is 23.9 Å². The molecule has 2 aromatic rings. The molecule has 0 saturated carbocycles. The summed E-state index contributed by atoms with van der Waals surface area (Å²) in [4.78, 5) is 37.6. The molecule has 0 bridgehead atoms. The summed E-state index contributed by atoms with van der Waals surface area (Å²) < 4.78 is 10.4. The first-order valence-corrected chi connectivity index (χ1v) is 9.61. The normalized spacial score (nSPS) is 13.3. The lowest BCUT2D eigenvalue weighted by atomic mass is 10.1. The summed E-state index contributed by atoms with van der Waals surface area (Å²) in [6, 6.07) is 13.8. The van der Waals surface area contributed by atoms with E-state index < -0.39 is 11.9 Å². The van der Waals surface area contributed by atoms with Crippen molar-refractivity contribution in [1.82, 2.24) is 4.90 Å². The van der Waals surface area contributed by atoms with Gasteiger partial charge in [-0.2, -0.15) is 0 Å². The molecule has 0 aliphatic carbocycles. The third-order valence-electron chi connectivity index (χ3n) is 4.52. The number of anilines is 1. The highest BCUT2D eigenvalue weighted by molar-refractivity contribution is 5.95.